The van der Waals surface area contributed by atoms with Crippen molar-refractivity contribution in [3.8, 4) is 5.75 Å². The van der Waals surface area contributed by atoms with Crippen molar-refractivity contribution in [2.75, 3.05) is 13.7 Å². The third kappa shape index (κ3) is 6.68. The van der Waals surface area contributed by atoms with Crippen LogP contribution in [-0.4, -0.2) is 19.6 Å². The van der Waals surface area contributed by atoms with E-state index in [9.17, 15) is 4.79 Å². The summed E-state index contributed by atoms with van der Waals surface area (Å²) in [5, 5.41) is 3.00. The second-order valence-corrected chi connectivity index (χ2v) is 8.06. The molecule has 0 aliphatic heterocycles. The van der Waals surface area contributed by atoms with Gasteiger partial charge < -0.3 is 10.1 Å². The number of amides is 1. The predicted molar refractivity (Wildman–Crippen MR) is 121 cm³/mol. The molecule has 0 aromatic heterocycles. The Bertz CT molecular complexity index is 920. The van der Waals surface area contributed by atoms with Gasteiger partial charge in [-0.25, -0.2) is 0 Å². The molecule has 0 atom stereocenters. The third-order valence-corrected chi connectivity index (χ3v) is 5.79. The van der Waals surface area contributed by atoms with Crippen molar-refractivity contribution in [2.45, 2.75) is 30.4 Å². The fourth-order valence-electron chi connectivity index (χ4n) is 2.98. The van der Waals surface area contributed by atoms with Gasteiger partial charge in [0.05, 0.1) is 7.11 Å². The number of rotatable bonds is 9. The first-order valence-corrected chi connectivity index (χ1v) is 10.8. The molecular weight excluding hydrogens is 378 g/mol. The maximum Gasteiger partial charge on any atom is 0.251 e. The molecule has 0 saturated carbocycles. The highest BCUT2D eigenvalue weighted by Crippen LogP contribution is 2.23. The van der Waals surface area contributed by atoms with Gasteiger partial charge >= 0.3 is 0 Å². The zero-order valence-corrected chi connectivity index (χ0v) is 17.8. The highest BCUT2D eigenvalue weighted by molar-refractivity contribution is 7.98. The molecule has 0 spiro atoms. The maximum absolute atomic E-state index is 12.3. The number of benzene rings is 3. The molecule has 0 radical (unpaired) electrons. The van der Waals surface area contributed by atoms with Crippen molar-refractivity contribution in [2.24, 2.45) is 0 Å². The fraction of sp³-hybridized carbons (Fsp3) is 0.240. The fourth-order valence-corrected chi connectivity index (χ4v) is 3.83. The van der Waals surface area contributed by atoms with Crippen LogP contribution in [0.1, 0.15) is 33.5 Å². The topological polar surface area (TPSA) is 38.3 Å². The lowest BCUT2D eigenvalue weighted by Gasteiger charge is -2.08. The molecular formula is C25H27NO2S. The molecule has 150 valence electrons. The number of methoxy groups -OCH3 is 1. The Morgan fingerprint density at radius 1 is 0.966 bits per heavy atom. The normalized spacial score (nSPS) is 10.6. The van der Waals surface area contributed by atoms with E-state index >= 15 is 0 Å². The van der Waals surface area contributed by atoms with E-state index in [-0.39, 0.29) is 5.91 Å². The van der Waals surface area contributed by atoms with Crippen LogP contribution >= 0.6 is 11.8 Å². The lowest BCUT2D eigenvalue weighted by atomic mass is 10.1. The van der Waals surface area contributed by atoms with E-state index < -0.39 is 0 Å². The summed E-state index contributed by atoms with van der Waals surface area (Å²) in [5.74, 6) is 1.74. The zero-order valence-electron chi connectivity index (χ0n) is 17.0. The predicted octanol–water partition coefficient (Wildman–Crippen LogP) is 5.66. The number of hydrogen-bond donors (Lipinski definition) is 1. The summed E-state index contributed by atoms with van der Waals surface area (Å²) in [7, 11) is 1.67. The number of aryl methyl sites for hydroxylation is 2. The minimum absolute atomic E-state index is 0.0200. The van der Waals surface area contributed by atoms with Crippen molar-refractivity contribution in [3.05, 3.63) is 95.1 Å². The van der Waals surface area contributed by atoms with Gasteiger partial charge in [-0.2, -0.15) is 0 Å². The summed E-state index contributed by atoms with van der Waals surface area (Å²) >= 11 is 1.80. The molecule has 4 heteroatoms. The Kier molecular flexibility index (Phi) is 7.77. The van der Waals surface area contributed by atoms with Crippen LogP contribution in [0.3, 0.4) is 0 Å². The minimum Gasteiger partial charge on any atom is -0.497 e. The highest BCUT2D eigenvalue weighted by atomic mass is 32.2. The Balaban J connectivity index is 1.41. The second-order valence-electron chi connectivity index (χ2n) is 7.01. The molecule has 0 bridgehead atoms. The molecule has 1 N–H and O–H groups in total. The molecule has 0 fully saturated rings. The van der Waals surface area contributed by atoms with Crippen molar-refractivity contribution < 1.29 is 9.53 Å². The number of nitrogens with one attached hydrogen (secondary N) is 1. The van der Waals surface area contributed by atoms with E-state index in [2.05, 4.69) is 42.6 Å². The Morgan fingerprint density at radius 2 is 1.72 bits per heavy atom. The lowest BCUT2D eigenvalue weighted by Crippen LogP contribution is -2.24. The van der Waals surface area contributed by atoms with Crippen LogP contribution in [-0.2, 0) is 12.2 Å². The van der Waals surface area contributed by atoms with E-state index in [1.54, 1.807) is 18.9 Å². The van der Waals surface area contributed by atoms with Crippen LogP contribution in [0.25, 0.3) is 0 Å². The van der Waals surface area contributed by atoms with Crippen molar-refractivity contribution in [1.82, 2.24) is 5.32 Å². The largest absolute Gasteiger partial charge is 0.497 e. The summed E-state index contributed by atoms with van der Waals surface area (Å²) in [5.41, 5.74) is 4.41. The summed E-state index contributed by atoms with van der Waals surface area (Å²) in [4.78, 5) is 13.6. The molecule has 3 nitrogen and oxygen atoms in total. The van der Waals surface area contributed by atoms with Crippen molar-refractivity contribution in [1.29, 1.82) is 0 Å². The first kappa shape index (κ1) is 21.0. The molecule has 29 heavy (non-hydrogen) atoms. The van der Waals surface area contributed by atoms with E-state index in [0.29, 0.717) is 12.1 Å². The summed E-state index contributed by atoms with van der Waals surface area (Å²) in [6, 6.07) is 24.5. The van der Waals surface area contributed by atoms with Gasteiger partial charge in [-0.05, 0) is 67.3 Å². The summed E-state index contributed by atoms with van der Waals surface area (Å²) < 4.78 is 5.24. The monoisotopic (exact) mass is 405 g/mol. The van der Waals surface area contributed by atoms with Crippen LogP contribution in [0.2, 0.25) is 0 Å². The van der Waals surface area contributed by atoms with E-state index in [1.807, 2.05) is 42.5 Å². The molecule has 0 aliphatic rings. The smallest absolute Gasteiger partial charge is 0.251 e. The van der Waals surface area contributed by atoms with Gasteiger partial charge in [-0.3, -0.25) is 4.79 Å². The number of carbonyl (C=O) groups is 1. The van der Waals surface area contributed by atoms with Gasteiger partial charge in [0.15, 0.2) is 0 Å². The Hall–Kier alpha value is -2.72. The van der Waals surface area contributed by atoms with Crippen LogP contribution in [0, 0.1) is 6.92 Å². The average Bonchev–Trinajstić information content (AvgIpc) is 2.76. The van der Waals surface area contributed by atoms with Gasteiger partial charge in [0, 0.05) is 22.8 Å². The standard InChI is InChI=1S/C25H27NO2S/c1-19-8-14-24(15-9-19)29-18-21-10-12-22(13-11-21)25(27)26-16-4-6-20-5-3-7-23(17-20)28-2/h3,5,7-15,17H,4,6,16,18H2,1-2H3,(H,26,27). The van der Waals surface area contributed by atoms with Crippen LogP contribution < -0.4 is 10.1 Å². The van der Waals surface area contributed by atoms with Crippen molar-refractivity contribution >= 4 is 17.7 Å². The van der Waals surface area contributed by atoms with Crippen LogP contribution in [0.4, 0.5) is 0 Å². The molecule has 3 aromatic carbocycles. The Morgan fingerprint density at radius 3 is 2.45 bits per heavy atom. The first-order chi connectivity index (χ1) is 14.1. The SMILES string of the molecule is COc1cccc(CCCNC(=O)c2ccc(CSc3ccc(C)cc3)cc2)c1. The summed E-state index contributed by atoms with van der Waals surface area (Å²) in [6.45, 7) is 2.75. The number of thioether (sulfide) groups is 1. The van der Waals surface area contributed by atoms with Crippen LogP contribution in [0.5, 0.6) is 5.75 Å². The van der Waals surface area contributed by atoms with E-state index in [1.165, 1.54) is 21.6 Å². The quantitative estimate of drug-likeness (QED) is 0.369. The van der Waals surface area contributed by atoms with Gasteiger partial charge in [-0.15, -0.1) is 11.8 Å². The van der Waals surface area contributed by atoms with Gasteiger partial charge in [0.2, 0.25) is 0 Å². The molecule has 0 unspecified atom stereocenters. The number of hydrogen-bond acceptors (Lipinski definition) is 3. The molecule has 3 rings (SSSR count). The lowest BCUT2D eigenvalue weighted by molar-refractivity contribution is 0.0953. The average molecular weight is 406 g/mol. The zero-order chi connectivity index (χ0) is 20.5. The molecule has 3 aromatic rings. The number of ether oxygens (including phenoxy) is 1. The maximum atomic E-state index is 12.3. The van der Waals surface area contributed by atoms with E-state index in [4.69, 9.17) is 4.74 Å². The molecule has 1 amide bonds. The third-order valence-electron chi connectivity index (χ3n) is 4.70. The van der Waals surface area contributed by atoms with Crippen LogP contribution in [0.15, 0.2) is 77.7 Å². The highest BCUT2D eigenvalue weighted by Gasteiger charge is 2.05. The Labute approximate surface area is 177 Å². The summed E-state index contributed by atoms with van der Waals surface area (Å²) in [6.07, 6.45) is 1.80. The van der Waals surface area contributed by atoms with E-state index in [0.717, 1.165) is 24.3 Å². The van der Waals surface area contributed by atoms with Gasteiger partial charge in [0.25, 0.3) is 5.91 Å². The molecule has 0 heterocycles. The van der Waals surface area contributed by atoms with Gasteiger partial charge in [0.1, 0.15) is 5.75 Å². The minimum atomic E-state index is -0.0200. The second kappa shape index (κ2) is 10.7. The number of carbonyl (C=O) groups excluding carboxylic acids is 1. The molecule has 0 aliphatic carbocycles. The molecule has 0 saturated heterocycles. The van der Waals surface area contributed by atoms with Crippen molar-refractivity contribution in [3.63, 3.8) is 0 Å². The van der Waals surface area contributed by atoms with Gasteiger partial charge in [-0.1, -0.05) is 42.0 Å². The first-order valence-electron chi connectivity index (χ1n) is 9.83.